The summed E-state index contributed by atoms with van der Waals surface area (Å²) in [5.41, 5.74) is 0. The summed E-state index contributed by atoms with van der Waals surface area (Å²) in [5.74, 6) is 1.65. The van der Waals surface area contributed by atoms with Crippen molar-refractivity contribution in [3.8, 4) is 0 Å². The molecule has 0 aromatic rings. The van der Waals surface area contributed by atoms with Crippen molar-refractivity contribution in [3.05, 3.63) is 0 Å². The van der Waals surface area contributed by atoms with Gasteiger partial charge in [-0.15, -0.1) is 0 Å². The van der Waals surface area contributed by atoms with Crippen molar-refractivity contribution in [3.63, 3.8) is 0 Å². The van der Waals surface area contributed by atoms with Gasteiger partial charge in [-0.25, -0.2) is 0 Å². The van der Waals surface area contributed by atoms with Crippen molar-refractivity contribution in [1.29, 1.82) is 0 Å². The maximum absolute atomic E-state index is 11.9. The molecule has 2 atom stereocenters. The molecule has 0 radical (unpaired) electrons. The standard InChI is InChI=1S/C19H38N4O2/c1-6-16(23-14-8-9-18(23)24)10-12-21-19(20-5)22-13-11-17(15(3)4)25-7-2/h15-17H,6-14H2,1-5H3,(H2,20,21,22). The van der Waals surface area contributed by atoms with Crippen LogP contribution in [0.25, 0.3) is 0 Å². The third kappa shape index (κ3) is 7.63. The predicted molar refractivity (Wildman–Crippen MR) is 104 cm³/mol. The minimum Gasteiger partial charge on any atom is -0.378 e. The SMILES string of the molecule is CCOC(CCNC(=NC)NCCC(CC)N1CCCC1=O)C(C)C. The van der Waals surface area contributed by atoms with E-state index in [9.17, 15) is 4.79 Å². The lowest BCUT2D eigenvalue weighted by Gasteiger charge is -2.27. The van der Waals surface area contributed by atoms with Crippen LogP contribution in [0, 0.1) is 5.92 Å². The Bertz CT molecular complexity index is 412. The largest absolute Gasteiger partial charge is 0.378 e. The van der Waals surface area contributed by atoms with Gasteiger partial charge >= 0.3 is 0 Å². The normalized spacial score (nSPS) is 17.9. The van der Waals surface area contributed by atoms with E-state index >= 15 is 0 Å². The molecule has 25 heavy (non-hydrogen) atoms. The van der Waals surface area contributed by atoms with Gasteiger partial charge in [0.2, 0.25) is 5.91 Å². The number of nitrogens with one attached hydrogen (secondary N) is 2. The molecule has 6 heteroatoms. The number of hydrogen-bond acceptors (Lipinski definition) is 3. The first kappa shape index (κ1) is 21.7. The van der Waals surface area contributed by atoms with Crippen LogP contribution < -0.4 is 10.6 Å². The Morgan fingerprint density at radius 2 is 1.92 bits per heavy atom. The average molecular weight is 355 g/mol. The van der Waals surface area contributed by atoms with E-state index in [0.29, 0.717) is 24.3 Å². The molecule has 1 heterocycles. The van der Waals surface area contributed by atoms with Crippen molar-refractivity contribution >= 4 is 11.9 Å². The molecule has 0 spiro atoms. The van der Waals surface area contributed by atoms with Gasteiger partial charge in [0.05, 0.1) is 6.10 Å². The quantitative estimate of drug-likeness (QED) is 0.442. The second-order valence-corrected chi connectivity index (χ2v) is 6.99. The second kappa shape index (κ2) is 12.1. The smallest absolute Gasteiger partial charge is 0.222 e. The average Bonchev–Trinajstić information content (AvgIpc) is 3.01. The summed E-state index contributed by atoms with van der Waals surface area (Å²) < 4.78 is 5.78. The highest BCUT2D eigenvalue weighted by Gasteiger charge is 2.26. The van der Waals surface area contributed by atoms with Crippen LogP contribution >= 0.6 is 0 Å². The predicted octanol–water partition coefficient (Wildman–Crippen LogP) is 2.39. The van der Waals surface area contributed by atoms with E-state index in [1.165, 1.54) is 0 Å². The van der Waals surface area contributed by atoms with Crippen LogP contribution in [-0.2, 0) is 9.53 Å². The fourth-order valence-corrected chi connectivity index (χ4v) is 3.37. The lowest BCUT2D eigenvalue weighted by Crippen LogP contribution is -2.42. The second-order valence-electron chi connectivity index (χ2n) is 6.99. The molecular formula is C19H38N4O2. The molecule has 6 nitrogen and oxygen atoms in total. The van der Waals surface area contributed by atoms with Gasteiger partial charge in [-0.3, -0.25) is 9.79 Å². The summed E-state index contributed by atoms with van der Waals surface area (Å²) in [5, 5.41) is 6.73. The van der Waals surface area contributed by atoms with Crippen LogP contribution in [0.4, 0.5) is 0 Å². The Hall–Kier alpha value is -1.30. The zero-order valence-corrected chi connectivity index (χ0v) is 16.8. The summed E-state index contributed by atoms with van der Waals surface area (Å²) >= 11 is 0. The van der Waals surface area contributed by atoms with E-state index in [4.69, 9.17) is 4.74 Å². The van der Waals surface area contributed by atoms with Crippen molar-refractivity contribution in [2.24, 2.45) is 10.9 Å². The monoisotopic (exact) mass is 354 g/mol. The first-order chi connectivity index (χ1) is 12.0. The van der Waals surface area contributed by atoms with Crippen molar-refractivity contribution in [1.82, 2.24) is 15.5 Å². The summed E-state index contributed by atoms with van der Waals surface area (Å²) in [6.45, 7) is 11.9. The van der Waals surface area contributed by atoms with Gasteiger partial charge < -0.3 is 20.3 Å². The van der Waals surface area contributed by atoms with E-state index in [0.717, 1.165) is 57.9 Å². The summed E-state index contributed by atoms with van der Waals surface area (Å²) in [7, 11) is 1.79. The number of nitrogens with zero attached hydrogens (tertiary/aromatic N) is 2. The Kier molecular flexibility index (Phi) is 10.5. The van der Waals surface area contributed by atoms with Crippen molar-refractivity contribution < 1.29 is 9.53 Å². The molecule has 0 saturated carbocycles. The Morgan fingerprint density at radius 3 is 2.40 bits per heavy atom. The number of guanidine groups is 1. The minimum atomic E-state index is 0.279. The maximum atomic E-state index is 11.9. The lowest BCUT2D eigenvalue weighted by atomic mass is 10.0. The van der Waals surface area contributed by atoms with Gasteiger partial charge in [-0.05, 0) is 38.5 Å². The molecule has 1 aliphatic rings. The first-order valence-corrected chi connectivity index (χ1v) is 9.89. The van der Waals surface area contributed by atoms with Crippen LogP contribution in [0.2, 0.25) is 0 Å². The number of carbonyl (C=O) groups excluding carboxylic acids is 1. The zero-order valence-electron chi connectivity index (χ0n) is 16.8. The van der Waals surface area contributed by atoms with Crippen LogP contribution in [0.1, 0.15) is 59.8 Å². The molecule has 146 valence electrons. The van der Waals surface area contributed by atoms with E-state index in [2.05, 4.69) is 36.4 Å². The van der Waals surface area contributed by atoms with Gasteiger partial charge in [0.25, 0.3) is 0 Å². The molecule has 1 amide bonds. The molecule has 1 fully saturated rings. The maximum Gasteiger partial charge on any atom is 0.222 e. The van der Waals surface area contributed by atoms with Crippen molar-refractivity contribution in [2.45, 2.75) is 71.9 Å². The van der Waals surface area contributed by atoms with Gasteiger partial charge in [-0.1, -0.05) is 20.8 Å². The molecule has 0 bridgehead atoms. The van der Waals surface area contributed by atoms with Gasteiger partial charge in [0, 0.05) is 45.8 Å². The van der Waals surface area contributed by atoms with E-state index in [1.807, 2.05) is 11.8 Å². The number of amides is 1. The molecule has 0 aromatic carbocycles. The summed E-state index contributed by atoms with van der Waals surface area (Å²) in [6, 6.07) is 0.337. The molecule has 2 N–H and O–H groups in total. The number of aliphatic imine (C=N–C) groups is 1. The topological polar surface area (TPSA) is 66.0 Å². The highest BCUT2D eigenvalue weighted by molar-refractivity contribution is 5.79. The molecule has 2 unspecified atom stereocenters. The van der Waals surface area contributed by atoms with Gasteiger partial charge in [0.1, 0.15) is 0 Å². The first-order valence-electron chi connectivity index (χ1n) is 9.89. The van der Waals surface area contributed by atoms with Crippen LogP contribution in [0.5, 0.6) is 0 Å². The van der Waals surface area contributed by atoms with Crippen molar-refractivity contribution in [2.75, 3.05) is 33.3 Å². The van der Waals surface area contributed by atoms with E-state index < -0.39 is 0 Å². The van der Waals surface area contributed by atoms with Crippen LogP contribution in [0.15, 0.2) is 4.99 Å². The molecular weight excluding hydrogens is 316 g/mol. The number of carbonyl (C=O) groups is 1. The lowest BCUT2D eigenvalue weighted by molar-refractivity contribution is -0.129. The van der Waals surface area contributed by atoms with Crippen LogP contribution in [0.3, 0.4) is 0 Å². The molecule has 1 saturated heterocycles. The molecule has 1 rings (SSSR count). The Balaban J connectivity index is 2.30. The fourth-order valence-electron chi connectivity index (χ4n) is 3.37. The summed E-state index contributed by atoms with van der Waals surface area (Å²) in [4.78, 5) is 18.2. The van der Waals surface area contributed by atoms with E-state index in [-0.39, 0.29) is 6.10 Å². The third-order valence-electron chi connectivity index (χ3n) is 4.86. The molecule has 1 aliphatic heterocycles. The number of ether oxygens (including phenoxy) is 1. The zero-order chi connectivity index (χ0) is 18.7. The Morgan fingerprint density at radius 1 is 1.24 bits per heavy atom. The summed E-state index contributed by atoms with van der Waals surface area (Å²) in [6.07, 6.45) is 4.92. The Labute approximate surface area is 153 Å². The number of rotatable bonds is 11. The number of likely N-dealkylation sites (tertiary alicyclic amines) is 1. The van der Waals surface area contributed by atoms with Gasteiger partial charge in [-0.2, -0.15) is 0 Å². The van der Waals surface area contributed by atoms with Gasteiger partial charge in [0.15, 0.2) is 5.96 Å². The van der Waals surface area contributed by atoms with Crippen LogP contribution in [-0.4, -0.2) is 62.2 Å². The minimum absolute atomic E-state index is 0.279. The number of hydrogen-bond donors (Lipinski definition) is 2. The highest BCUT2D eigenvalue weighted by atomic mass is 16.5. The fraction of sp³-hybridized carbons (Fsp3) is 0.895. The molecule has 0 aliphatic carbocycles. The molecule has 0 aromatic heterocycles. The van der Waals surface area contributed by atoms with E-state index in [1.54, 1.807) is 7.05 Å². The third-order valence-corrected chi connectivity index (χ3v) is 4.86. The highest BCUT2D eigenvalue weighted by Crippen LogP contribution is 2.17.